The van der Waals surface area contributed by atoms with Gasteiger partial charge in [-0.1, -0.05) is 36.4 Å². The Balaban J connectivity index is 0.00000400. The van der Waals surface area contributed by atoms with Gasteiger partial charge in [0.25, 0.3) is 5.91 Å². The molecule has 238 valence electrons. The predicted octanol–water partition coefficient (Wildman–Crippen LogP) is 4.56. The minimum Gasteiger partial charge on any atom is -0.490 e. The molecule has 1 fully saturated rings. The Bertz CT molecular complexity index is 1480. The van der Waals surface area contributed by atoms with E-state index in [1.807, 2.05) is 24.3 Å². The van der Waals surface area contributed by atoms with Gasteiger partial charge in [0.05, 0.1) is 12.3 Å². The maximum absolute atomic E-state index is 12.7. The van der Waals surface area contributed by atoms with Crippen molar-refractivity contribution in [2.24, 2.45) is 0 Å². The van der Waals surface area contributed by atoms with E-state index in [-0.39, 0.29) is 32.1 Å². The maximum Gasteiger partial charge on any atom is 0.251 e. The summed E-state index contributed by atoms with van der Waals surface area (Å²) in [6.45, 7) is 5.59. The molecule has 6 rings (SSSR count). The lowest BCUT2D eigenvalue weighted by Gasteiger charge is -2.32. The van der Waals surface area contributed by atoms with E-state index < -0.39 is 6.10 Å². The number of nitrogens with one attached hydrogen (secondary N) is 1. The first-order valence-electron chi connectivity index (χ1n) is 15.4. The van der Waals surface area contributed by atoms with E-state index in [4.69, 9.17) is 13.9 Å². The van der Waals surface area contributed by atoms with Crippen molar-refractivity contribution in [1.82, 2.24) is 20.1 Å². The SMILES string of the molecule is O=C(NC[C@H](O)CN1CCc2cc(OCc3cnco3)ccc2C1)c1ccc(OC2CCN(Cc3ccccc3)CC2)cc1.S. The van der Waals surface area contributed by atoms with Gasteiger partial charge in [-0.25, -0.2) is 4.98 Å². The van der Waals surface area contributed by atoms with E-state index >= 15 is 0 Å². The first-order chi connectivity index (χ1) is 21.6. The van der Waals surface area contributed by atoms with Crippen molar-refractivity contribution in [2.45, 2.75) is 51.2 Å². The Hall–Kier alpha value is -3.83. The van der Waals surface area contributed by atoms with Gasteiger partial charge in [-0.3, -0.25) is 14.6 Å². The molecule has 1 aromatic heterocycles. The first kappa shape index (κ1) is 32.6. The third-order valence-electron chi connectivity index (χ3n) is 8.30. The van der Waals surface area contributed by atoms with Crippen molar-refractivity contribution in [2.75, 3.05) is 32.7 Å². The summed E-state index contributed by atoms with van der Waals surface area (Å²) in [6, 6.07) is 24.0. The number of aliphatic hydroxyl groups is 1. The van der Waals surface area contributed by atoms with Crippen LogP contribution in [0.25, 0.3) is 0 Å². The molecule has 2 aliphatic rings. The minimum atomic E-state index is -0.666. The fourth-order valence-corrected chi connectivity index (χ4v) is 5.88. The summed E-state index contributed by atoms with van der Waals surface area (Å²) < 4.78 is 17.3. The fraction of sp³-hybridized carbons (Fsp3) is 0.371. The van der Waals surface area contributed by atoms with Crippen LogP contribution in [0.2, 0.25) is 0 Å². The molecule has 45 heavy (non-hydrogen) atoms. The van der Waals surface area contributed by atoms with Crippen LogP contribution in [0, 0.1) is 0 Å². The van der Waals surface area contributed by atoms with Crippen LogP contribution in [0.1, 0.15) is 45.7 Å². The van der Waals surface area contributed by atoms with Crippen LogP contribution in [0.4, 0.5) is 0 Å². The van der Waals surface area contributed by atoms with E-state index in [1.54, 1.807) is 18.3 Å². The summed E-state index contributed by atoms with van der Waals surface area (Å²) in [5.74, 6) is 2.06. The number of fused-ring (bicyclic) bond motifs is 1. The van der Waals surface area contributed by atoms with Crippen molar-refractivity contribution < 1.29 is 23.8 Å². The van der Waals surface area contributed by atoms with Crippen LogP contribution in [0.15, 0.2) is 89.8 Å². The smallest absolute Gasteiger partial charge is 0.251 e. The number of aliphatic hydroxyl groups excluding tert-OH is 1. The topological polar surface area (TPSA) is 100 Å². The summed E-state index contributed by atoms with van der Waals surface area (Å²) in [7, 11) is 0. The van der Waals surface area contributed by atoms with Gasteiger partial charge in [0.15, 0.2) is 12.2 Å². The molecule has 9 nitrogen and oxygen atoms in total. The molecular formula is C35H42N4O5S. The highest BCUT2D eigenvalue weighted by Gasteiger charge is 2.22. The average molecular weight is 631 g/mol. The summed E-state index contributed by atoms with van der Waals surface area (Å²) in [5.41, 5.74) is 4.36. The van der Waals surface area contributed by atoms with Gasteiger partial charge in [-0.05, 0) is 72.4 Å². The molecule has 4 aromatic rings. The van der Waals surface area contributed by atoms with Gasteiger partial charge in [-0.15, -0.1) is 0 Å². The summed E-state index contributed by atoms with van der Waals surface area (Å²) in [4.78, 5) is 21.3. The number of carbonyl (C=O) groups excluding carboxylic acids is 1. The minimum absolute atomic E-state index is 0. The lowest BCUT2D eigenvalue weighted by molar-refractivity contribution is 0.0841. The van der Waals surface area contributed by atoms with Gasteiger partial charge in [0, 0.05) is 51.4 Å². The number of hydrogen-bond donors (Lipinski definition) is 2. The molecular weight excluding hydrogens is 588 g/mol. The van der Waals surface area contributed by atoms with E-state index in [2.05, 4.69) is 56.5 Å². The Kier molecular flexibility index (Phi) is 11.5. The number of nitrogens with zero attached hydrogens (tertiary/aromatic N) is 3. The van der Waals surface area contributed by atoms with Gasteiger partial charge >= 0.3 is 0 Å². The second-order valence-electron chi connectivity index (χ2n) is 11.6. The van der Waals surface area contributed by atoms with Crippen molar-refractivity contribution in [3.8, 4) is 11.5 Å². The average Bonchev–Trinajstić information content (AvgIpc) is 3.58. The van der Waals surface area contributed by atoms with Gasteiger partial charge in [-0.2, -0.15) is 13.5 Å². The zero-order valence-electron chi connectivity index (χ0n) is 25.4. The molecule has 0 saturated carbocycles. The number of likely N-dealkylation sites (tertiary alicyclic amines) is 1. The zero-order chi connectivity index (χ0) is 30.1. The Morgan fingerprint density at radius 3 is 2.51 bits per heavy atom. The predicted molar refractivity (Wildman–Crippen MR) is 177 cm³/mol. The fourth-order valence-electron chi connectivity index (χ4n) is 5.88. The molecule has 1 amide bonds. The third kappa shape index (κ3) is 9.34. The van der Waals surface area contributed by atoms with Crippen LogP contribution in [0.3, 0.4) is 0 Å². The highest BCUT2D eigenvalue weighted by molar-refractivity contribution is 7.59. The van der Waals surface area contributed by atoms with E-state index in [9.17, 15) is 9.90 Å². The number of carbonyl (C=O) groups is 1. The molecule has 1 saturated heterocycles. The van der Waals surface area contributed by atoms with Crippen LogP contribution in [-0.4, -0.2) is 70.7 Å². The lowest BCUT2D eigenvalue weighted by atomic mass is 9.99. The second kappa shape index (κ2) is 15.9. The van der Waals surface area contributed by atoms with Crippen LogP contribution < -0.4 is 14.8 Å². The summed E-state index contributed by atoms with van der Waals surface area (Å²) >= 11 is 0. The van der Waals surface area contributed by atoms with Crippen molar-refractivity contribution in [1.29, 1.82) is 0 Å². The molecule has 3 aromatic carbocycles. The highest BCUT2D eigenvalue weighted by atomic mass is 32.1. The normalized spacial score (nSPS) is 16.3. The lowest BCUT2D eigenvalue weighted by Crippen LogP contribution is -2.42. The van der Waals surface area contributed by atoms with E-state index in [0.29, 0.717) is 24.5 Å². The van der Waals surface area contributed by atoms with E-state index in [0.717, 1.165) is 63.5 Å². The molecule has 0 aliphatic carbocycles. The quantitative estimate of drug-likeness (QED) is 0.235. The number of aromatic nitrogens is 1. The Morgan fingerprint density at radius 1 is 0.978 bits per heavy atom. The number of amides is 1. The monoisotopic (exact) mass is 630 g/mol. The Morgan fingerprint density at radius 2 is 1.76 bits per heavy atom. The number of oxazole rings is 1. The Labute approximate surface area is 271 Å². The number of β-amino-alcohol motifs (C(OH)–C–C–N with tert-alkyl or cyclic N) is 1. The molecule has 0 radical (unpaired) electrons. The van der Waals surface area contributed by atoms with E-state index in [1.165, 1.54) is 23.1 Å². The first-order valence-corrected chi connectivity index (χ1v) is 15.4. The van der Waals surface area contributed by atoms with Crippen molar-refractivity contribution >= 4 is 19.4 Å². The molecule has 0 spiro atoms. The largest absolute Gasteiger partial charge is 0.490 e. The van der Waals surface area contributed by atoms with Crippen LogP contribution >= 0.6 is 13.5 Å². The number of ether oxygens (including phenoxy) is 2. The van der Waals surface area contributed by atoms with Crippen molar-refractivity contribution in [3.63, 3.8) is 0 Å². The molecule has 1 atom stereocenters. The highest BCUT2D eigenvalue weighted by Crippen LogP contribution is 2.25. The van der Waals surface area contributed by atoms with Gasteiger partial charge in [0.1, 0.15) is 24.2 Å². The van der Waals surface area contributed by atoms with Crippen LogP contribution in [-0.2, 0) is 26.1 Å². The maximum atomic E-state index is 12.7. The standard InChI is InChI=1S/C35H40N4O5.H2S/c40-30(23-39-15-12-28-18-33(11-8-29(28)22-39)42-24-34-20-36-25-43-34)19-37-35(41)27-6-9-31(10-7-27)44-32-13-16-38(17-14-32)21-26-4-2-1-3-5-26;/h1-11,18,20,25,30,32,40H,12-17,19,21-24H2,(H,37,41);1H2/t30-;/m0./s1. The molecule has 2 aliphatic heterocycles. The van der Waals surface area contributed by atoms with Crippen molar-refractivity contribution in [3.05, 3.63) is 113 Å². The zero-order valence-corrected chi connectivity index (χ0v) is 26.4. The molecule has 10 heteroatoms. The number of piperidine rings is 1. The molecule has 0 bridgehead atoms. The third-order valence-corrected chi connectivity index (χ3v) is 8.30. The number of rotatable bonds is 12. The second-order valence-corrected chi connectivity index (χ2v) is 11.6. The summed E-state index contributed by atoms with van der Waals surface area (Å²) in [6.07, 6.45) is 5.39. The number of benzene rings is 3. The van der Waals surface area contributed by atoms with Gasteiger partial charge in [0.2, 0.25) is 0 Å². The van der Waals surface area contributed by atoms with Crippen LogP contribution in [0.5, 0.6) is 11.5 Å². The summed E-state index contributed by atoms with van der Waals surface area (Å²) in [5, 5.41) is 13.5. The molecule has 2 N–H and O–H groups in total. The molecule has 3 heterocycles. The molecule has 0 unspecified atom stereocenters. The number of hydrogen-bond acceptors (Lipinski definition) is 8. The van der Waals surface area contributed by atoms with Gasteiger partial charge < -0.3 is 24.3 Å².